The molecule has 0 spiro atoms. The number of fused-ring (bicyclic) bond motifs is 2. The first-order chi connectivity index (χ1) is 19.7. The van der Waals surface area contributed by atoms with Gasteiger partial charge in [-0.05, 0) is 64.8 Å². The third-order valence-corrected chi connectivity index (χ3v) is 6.88. The van der Waals surface area contributed by atoms with Crippen molar-refractivity contribution in [1.82, 2.24) is 19.8 Å². The molecule has 2 N–H and O–H groups in total. The number of rotatable bonds is 4. The summed E-state index contributed by atoms with van der Waals surface area (Å²) in [4.78, 5) is 52.2. The summed E-state index contributed by atoms with van der Waals surface area (Å²) >= 11 is 0. The Morgan fingerprint density at radius 3 is 1.38 bits per heavy atom. The Kier molecular flexibility index (Phi) is 7.34. The number of hydrogen-bond donors (Lipinski definition) is 2. The van der Waals surface area contributed by atoms with E-state index in [0.717, 1.165) is 21.9 Å². The molecule has 10 heteroatoms. The van der Waals surface area contributed by atoms with Crippen LogP contribution in [0.2, 0.25) is 0 Å². The lowest BCUT2D eigenvalue weighted by atomic mass is 9.98. The van der Waals surface area contributed by atoms with Crippen LogP contribution in [0.25, 0.3) is 21.8 Å². The second-order valence-electron chi connectivity index (χ2n) is 12.6. The molecule has 0 radical (unpaired) electrons. The third kappa shape index (κ3) is 6.02. The number of carbonyl (C=O) groups excluding carboxylic acids is 4. The van der Waals surface area contributed by atoms with E-state index in [1.165, 1.54) is 9.13 Å². The highest BCUT2D eigenvalue weighted by atomic mass is 16.6. The molecular formula is C32H36N4O6. The van der Waals surface area contributed by atoms with Gasteiger partial charge in [-0.15, -0.1) is 0 Å². The van der Waals surface area contributed by atoms with Gasteiger partial charge in [0.25, 0.3) is 0 Å². The largest absolute Gasteiger partial charge is 0.443 e. The predicted octanol–water partition coefficient (Wildman–Crippen LogP) is 4.93. The number of benzene rings is 2. The smallest absolute Gasteiger partial charge is 0.419 e. The molecule has 0 bridgehead atoms. The molecule has 0 saturated carbocycles. The number of nitrogens with zero attached hydrogens (tertiary/aromatic N) is 2. The Morgan fingerprint density at radius 1 is 0.667 bits per heavy atom. The van der Waals surface area contributed by atoms with Crippen molar-refractivity contribution in [3.8, 4) is 0 Å². The Labute approximate surface area is 243 Å². The molecule has 2 atom stereocenters. The normalized spacial score (nSPS) is 17.7. The van der Waals surface area contributed by atoms with Crippen LogP contribution in [0.15, 0.2) is 60.9 Å². The van der Waals surface area contributed by atoms with Crippen molar-refractivity contribution in [2.45, 2.75) is 77.7 Å². The molecule has 2 aromatic heterocycles. The van der Waals surface area contributed by atoms with E-state index in [0.29, 0.717) is 11.0 Å². The predicted molar refractivity (Wildman–Crippen MR) is 158 cm³/mol. The Balaban J connectivity index is 1.35. The number of para-hydroxylation sites is 2. The summed E-state index contributed by atoms with van der Waals surface area (Å²) in [7, 11) is 0. The number of piperazine rings is 1. The summed E-state index contributed by atoms with van der Waals surface area (Å²) < 4.78 is 14.0. The van der Waals surface area contributed by atoms with Crippen LogP contribution in [0.5, 0.6) is 0 Å². The quantitative estimate of drug-likeness (QED) is 0.358. The van der Waals surface area contributed by atoms with Crippen LogP contribution in [0, 0.1) is 0 Å². The first-order valence-corrected chi connectivity index (χ1v) is 14.0. The van der Waals surface area contributed by atoms with Crippen molar-refractivity contribution in [3.05, 3.63) is 72.1 Å². The molecule has 1 fully saturated rings. The number of aromatic nitrogens is 2. The monoisotopic (exact) mass is 572 g/mol. The van der Waals surface area contributed by atoms with Gasteiger partial charge in [0, 0.05) is 36.0 Å². The minimum Gasteiger partial charge on any atom is -0.443 e. The molecule has 5 rings (SSSR count). The second-order valence-corrected chi connectivity index (χ2v) is 12.6. The fourth-order valence-electron chi connectivity index (χ4n) is 5.15. The van der Waals surface area contributed by atoms with Crippen LogP contribution in [0.1, 0.15) is 52.7 Å². The van der Waals surface area contributed by atoms with Gasteiger partial charge in [0.1, 0.15) is 23.3 Å². The number of hydrogen-bond acceptors (Lipinski definition) is 6. The molecule has 4 aromatic rings. The summed E-state index contributed by atoms with van der Waals surface area (Å²) in [5.74, 6) is -0.658. The van der Waals surface area contributed by atoms with Gasteiger partial charge in [-0.2, -0.15) is 0 Å². The third-order valence-electron chi connectivity index (χ3n) is 6.88. The van der Waals surface area contributed by atoms with Crippen LogP contribution < -0.4 is 10.6 Å². The van der Waals surface area contributed by atoms with Crippen LogP contribution in [-0.2, 0) is 31.9 Å². The molecule has 2 amide bonds. The van der Waals surface area contributed by atoms with Crippen LogP contribution in [0.4, 0.5) is 9.59 Å². The van der Waals surface area contributed by atoms with Gasteiger partial charge < -0.3 is 20.1 Å². The van der Waals surface area contributed by atoms with E-state index < -0.39 is 35.5 Å². The molecule has 3 heterocycles. The Hall–Kier alpha value is -4.60. The lowest BCUT2D eigenvalue weighted by Crippen LogP contribution is -2.62. The summed E-state index contributed by atoms with van der Waals surface area (Å²) in [6.45, 7) is 10.8. The summed E-state index contributed by atoms with van der Waals surface area (Å²) in [5.41, 5.74) is 1.43. The number of amides is 2. The maximum Gasteiger partial charge on any atom is 0.419 e. The van der Waals surface area contributed by atoms with Gasteiger partial charge >= 0.3 is 12.2 Å². The van der Waals surface area contributed by atoms with E-state index in [4.69, 9.17) is 9.47 Å². The van der Waals surface area contributed by atoms with Gasteiger partial charge in [-0.3, -0.25) is 18.7 Å². The zero-order valence-corrected chi connectivity index (χ0v) is 24.7. The average Bonchev–Trinajstić information content (AvgIpc) is 3.44. The average molecular weight is 573 g/mol. The fraction of sp³-hybridized carbons (Fsp3) is 0.375. The Morgan fingerprint density at radius 2 is 1.02 bits per heavy atom. The van der Waals surface area contributed by atoms with Crippen molar-refractivity contribution < 1.29 is 28.7 Å². The highest BCUT2D eigenvalue weighted by Crippen LogP contribution is 2.27. The maximum absolute atomic E-state index is 13.2. The summed E-state index contributed by atoms with van der Waals surface area (Å²) in [5, 5.41) is 7.31. The molecular weight excluding hydrogens is 536 g/mol. The Bertz CT molecular complexity index is 1580. The highest BCUT2D eigenvalue weighted by molar-refractivity contribution is 5.99. The molecule has 1 aliphatic heterocycles. The topological polar surface area (TPSA) is 121 Å². The molecule has 0 aliphatic carbocycles. The van der Waals surface area contributed by atoms with Crippen molar-refractivity contribution in [2.75, 3.05) is 0 Å². The van der Waals surface area contributed by atoms with Crippen molar-refractivity contribution in [2.24, 2.45) is 0 Å². The molecule has 1 saturated heterocycles. The van der Waals surface area contributed by atoms with E-state index in [9.17, 15) is 19.2 Å². The summed E-state index contributed by atoms with van der Waals surface area (Å²) in [6, 6.07) is 13.1. The number of nitrogens with one attached hydrogen (secondary N) is 2. The van der Waals surface area contributed by atoms with Crippen molar-refractivity contribution >= 4 is 45.8 Å². The zero-order valence-electron chi connectivity index (χ0n) is 24.7. The molecule has 42 heavy (non-hydrogen) atoms. The number of ether oxygens (including phenoxy) is 2. The first-order valence-electron chi connectivity index (χ1n) is 14.0. The van der Waals surface area contributed by atoms with Crippen LogP contribution in [-0.4, -0.2) is 56.4 Å². The summed E-state index contributed by atoms with van der Waals surface area (Å²) in [6.07, 6.45) is 2.67. The first kappa shape index (κ1) is 28.9. The minimum atomic E-state index is -0.824. The standard InChI is InChI=1S/C32H36N4O6/c1-31(2,3)41-29(39)35-17-19(21-11-7-9-13-25(21)35)15-23-27(37)34-24(28(38)33-23)16-20-18-36(30(40)42-32(4,5)6)26-14-10-8-12-22(20)26/h7-14,17-18,23-24H,15-16H2,1-6H3,(H,33,38)(H,34,37)/t23-,24-/m0/s1. The van der Waals surface area contributed by atoms with E-state index in [2.05, 4.69) is 10.6 Å². The van der Waals surface area contributed by atoms with Gasteiger partial charge in [-0.1, -0.05) is 36.4 Å². The van der Waals surface area contributed by atoms with E-state index >= 15 is 0 Å². The molecule has 220 valence electrons. The van der Waals surface area contributed by atoms with Gasteiger partial charge in [0.05, 0.1) is 11.0 Å². The van der Waals surface area contributed by atoms with Crippen molar-refractivity contribution in [3.63, 3.8) is 0 Å². The van der Waals surface area contributed by atoms with Gasteiger partial charge in [0.2, 0.25) is 11.8 Å². The fourth-order valence-corrected chi connectivity index (χ4v) is 5.15. The van der Waals surface area contributed by atoms with Gasteiger partial charge in [-0.25, -0.2) is 9.59 Å². The minimum absolute atomic E-state index is 0.193. The molecule has 0 unspecified atom stereocenters. The molecule has 2 aromatic carbocycles. The van der Waals surface area contributed by atoms with Crippen LogP contribution in [0.3, 0.4) is 0 Å². The second kappa shape index (κ2) is 10.7. The molecule has 1 aliphatic rings. The van der Waals surface area contributed by atoms with Crippen molar-refractivity contribution in [1.29, 1.82) is 0 Å². The van der Waals surface area contributed by atoms with E-state index in [1.807, 2.05) is 48.5 Å². The van der Waals surface area contributed by atoms with Gasteiger partial charge in [0.15, 0.2) is 0 Å². The lowest BCUT2D eigenvalue weighted by molar-refractivity contribution is -0.136. The van der Waals surface area contributed by atoms with E-state index in [-0.39, 0.29) is 24.7 Å². The van der Waals surface area contributed by atoms with E-state index in [1.54, 1.807) is 53.9 Å². The van der Waals surface area contributed by atoms with Crippen LogP contribution >= 0.6 is 0 Å². The SMILES string of the molecule is CC(C)(C)OC(=O)n1cc(C[C@@H]2NC(=O)[C@H](Cc3cn(C(=O)OC(C)(C)C)c4ccccc34)NC2=O)c2ccccc21. The maximum atomic E-state index is 13.2. The highest BCUT2D eigenvalue weighted by Gasteiger charge is 2.35. The molecule has 10 nitrogen and oxygen atoms in total. The zero-order chi connectivity index (χ0) is 30.4. The number of carbonyl (C=O) groups is 4. The lowest BCUT2D eigenvalue weighted by Gasteiger charge is -2.29.